The van der Waals surface area contributed by atoms with Gasteiger partial charge in [-0.25, -0.2) is 4.79 Å². The van der Waals surface area contributed by atoms with Crippen LogP contribution in [0.5, 0.6) is 0 Å². The summed E-state index contributed by atoms with van der Waals surface area (Å²) in [4.78, 5) is 18.8. The molecular formula is C30H62NNaO4. The number of carbonyl (C=O) groups is 2. The number of aliphatic carboxylic acids is 2. The zero-order valence-corrected chi connectivity index (χ0v) is 24.0. The van der Waals surface area contributed by atoms with E-state index in [0.29, 0.717) is 0 Å². The van der Waals surface area contributed by atoms with Crippen LogP contribution in [0.4, 0.5) is 0 Å². The number of unbranched alkanes of at least 4 members (excludes halogenated alkanes) is 21. The van der Waals surface area contributed by atoms with Crippen LogP contribution in [0, 0.1) is 5.41 Å². The Hall–Kier alpha value is -0.390. The summed E-state index contributed by atoms with van der Waals surface area (Å²) in [6.45, 7) is 7.43. The second kappa shape index (κ2) is 39.1. The molecule has 0 aliphatic carbocycles. The third-order valence-electron chi connectivity index (χ3n) is 6.08. The normalized spacial score (nSPS) is 9.78. The molecule has 0 fully saturated rings. The average molecular weight is 524 g/mol. The van der Waals surface area contributed by atoms with Crippen LogP contribution in [-0.2, 0) is 9.59 Å². The van der Waals surface area contributed by atoms with Crippen molar-refractivity contribution in [1.82, 2.24) is 0 Å². The third kappa shape index (κ3) is 50.5. The molecule has 0 bridgehead atoms. The predicted octanol–water partition coefficient (Wildman–Crippen LogP) is 9.55. The summed E-state index contributed by atoms with van der Waals surface area (Å²) in [6, 6.07) is 0. The van der Waals surface area contributed by atoms with Gasteiger partial charge in [-0.15, -0.1) is 0 Å². The van der Waals surface area contributed by atoms with Gasteiger partial charge in [0.05, 0.1) is 0 Å². The van der Waals surface area contributed by atoms with Crippen molar-refractivity contribution < 1.29 is 19.8 Å². The van der Waals surface area contributed by atoms with E-state index < -0.39 is 11.9 Å². The Labute approximate surface area is 246 Å². The quantitative estimate of drug-likeness (QED) is 0.0705. The molecule has 0 radical (unpaired) electrons. The van der Waals surface area contributed by atoms with Gasteiger partial charge in [0.2, 0.25) is 0 Å². The predicted molar refractivity (Wildman–Crippen MR) is 159 cm³/mol. The summed E-state index contributed by atoms with van der Waals surface area (Å²) in [5.41, 5.74) is -0.324. The molecule has 0 heterocycles. The Bertz CT molecular complexity index is 424. The minimum atomic E-state index is -1.16. The number of rotatable bonds is 23. The molecule has 0 amide bonds. The van der Waals surface area contributed by atoms with Crippen molar-refractivity contribution in [2.75, 3.05) is 0 Å². The molecule has 0 rings (SSSR count). The van der Waals surface area contributed by atoms with Crippen molar-refractivity contribution in [2.45, 2.75) is 175 Å². The molecule has 5 nitrogen and oxygen atoms in total. The van der Waals surface area contributed by atoms with Crippen LogP contribution < -0.4 is 0 Å². The van der Waals surface area contributed by atoms with Gasteiger partial charge in [0.25, 0.3) is 0 Å². The molecule has 0 unspecified atom stereocenters. The van der Waals surface area contributed by atoms with Crippen molar-refractivity contribution in [2.24, 2.45) is 0 Å². The molecule has 0 atom stereocenters. The first-order valence-corrected chi connectivity index (χ1v) is 14.8. The van der Waals surface area contributed by atoms with Gasteiger partial charge in [0, 0.05) is 6.42 Å². The van der Waals surface area contributed by atoms with E-state index in [9.17, 15) is 9.59 Å². The van der Waals surface area contributed by atoms with Gasteiger partial charge in [0.1, 0.15) is 5.71 Å². The Morgan fingerprint density at radius 1 is 0.500 bits per heavy atom. The van der Waals surface area contributed by atoms with Gasteiger partial charge in [-0.05, 0) is 6.92 Å². The molecule has 0 aliphatic rings. The number of nitrogens with one attached hydrogen (secondary N) is 1. The molecule has 0 aromatic carbocycles. The van der Waals surface area contributed by atoms with E-state index in [-0.39, 0.29) is 41.7 Å². The number of hydrogen-bond donors (Lipinski definition) is 3. The summed E-state index contributed by atoms with van der Waals surface area (Å²) in [5.74, 6) is -1.90. The van der Waals surface area contributed by atoms with Crippen molar-refractivity contribution in [1.29, 1.82) is 5.41 Å². The minimum absolute atomic E-state index is 0. The summed E-state index contributed by atoms with van der Waals surface area (Å²) in [6.07, 6.45) is 32.6. The Morgan fingerprint density at radius 2 is 0.639 bits per heavy atom. The fraction of sp³-hybridized carbons (Fsp3) is 0.900. The van der Waals surface area contributed by atoms with Crippen LogP contribution in [0.1, 0.15) is 175 Å². The van der Waals surface area contributed by atoms with Crippen molar-refractivity contribution >= 4 is 47.2 Å². The van der Waals surface area contributed by atoms with Crippen molar-refractivity contribution in [3.05, 3.63) is 0 Å². The van der Waals surface area contributed by atoms with Crippen LogP contribution in [-0.4, -0.2) is 57.4 Å². The monoisotopic (exact) mass is 523 g/mol. The first-order valence-electron chi connectivity index (χ1n) is 14.8. The second-order valence-corrected chi connectivity index (χ2v) is 9.75. The summed E-state index contributed by atoms with van der Waals surface area (Å²) >= 11 is 0. The summed E-state index contributed by atoms with van der Waals surface area (Å²) in [7, 11) is 0. The van der Waals surface area contributed by atoms with E-state index >= 15 is 0 Å². The topological polar surface area (TPSA) is 98.5 Å². The molecular weight excluding hydrogens is 461 g/mol. The second-order valence-electron chi connectivity index (χ2n) is 9.75. The van der Waals surface area contributed by atoms with E-state index in [4.69, 9.17) is 15.6 Å². The molecule has 212 valence electrons. The van der Waals surface area contributed by atoms with Crippen LogP contribution in [0.15, 0.2) is 0 Å². The molecule has 0 spiro atoms. The first-order chi connectivity index (χ1) is 16.8. The molecule has 0 saturated heterocycles. The molecule has 0 aliphatic heterocycles. The van der Waals surface area contributed by atoms with Gasteiger partial charge in [-0.3, -0.25) is 10.2 Å². The molecule has 3 N–H and O–H groups in total. The molecule has 6 heteroatoms. The van der Waals surface area contributed by atoms with Crippen LogP contribution >= 0.6 is 0 Å². The molecule has 0 aromatic rings. The maximum atomic E-state index is 9.47. The zero-order valence-electron chi connectivity index (χ0n) is 24.0. The van der Waals surface area contributed by atoms with Gasteiger partial charge in [0.15, 0.2) is 0 Å². The van der Waals surface area contributed by atoms with Gasteiger partial charge in [-0.2, -0.15) is 0 Å². The summed E-state index contributed by atoms with van der Waals surface area (Å²) in [5, 5.41) is 21.8. The van der Waals surface area contributed by atoms with Gasteiger partial charge in [-0.1, -0.05) is 162 Å². The van der Waals surface area contributed by atoms with Crippen LogP contribution in [0.2, 0.25) is 0 Å². The van der Waals surface area contributed by atoms with E-state index in [1.165, 1.54) is 148 Å². The molecule has 36 heavy (non-hydrogen) atoms. The Balaban J connectivity index is -0.000000354. The van der Waals surface area contributed by atoms with Gasteiger partial charge < -0.3 is 10.2 Å². The van der Waals surface area contributed by atoms with E-state index in [0.717, 1.165) is 0 Å². The van der Waals surface area contributed by atoms with E-state index in [1.807, 2.05) is 0 Å². The van der Waals surface area contributed by atoms with Crippen molar-refractivity contribution in [3.8, 4) is 0 Å². The van der Waals surface area contributed by atoms with Crippen LogP contribution in [0.25, 0.3) is 0 Å². The molecule has 0 saturated carbocycles. The van der Waals surface area contributed by atoms with Crippen molar-refractivity contribution in [3.63, 3.8) is 0 Å². The Morgan fingerprint density at radius 3 is 0.722 bits per heavy atom. The number of carboxylic acid groups (broad SMARTS) is 2. The zero-order chi connectivity index (χ0) is 27.0. The SMILES string of the molecule is CC(=N)C(=O)O.CCC(=O)O.CCCCCCCCCCCCCCCCCCCCCCCC.[NaH]. The Kier molecular flexibility index (Phi) is 46.4. The van der Waals surface area contributed by atoms with Gasteiger partial charge >= 0.3 is 41.5 Å². The third-order valence-corrected chi connectivity index (χ3v) is 6.08. The maximum absolute atomic E-state index is 9.47. The molecule has 0 aromatic heterocycles. The number of carboxylic acids is 2. The first kappa shape index (κ1) is 42.7. The summed E-state index contributed by atoms with van der Waals surface area (Å²) < 4.78 is 0. The fourth-order valence-corrected chi connectivity index (χ4v) is 3.68. The van der Waals surface area contributed by atoms with Crippen LogP contribution in [0.3, 0.4) is 0 Å². The average Bonchev–Trinajstić information content (AvgIpc) is 2.83. The van der Waals surface area contributed by atoms with E-state index in [2.05, 4.69) is 13.8 Å². The standard InChI is InChI=1S/C24H50.C3H5NO2.C3H6O2.Na.H/c1-3-5-7-9-11-13-15-17-19-21-23-24-22-20-18-16-14-12-10-8-6-4-2;1-2(4)3(5)6;1-2-3(4)5;;/h3-24H2,1-2H3;4H,1H3,(H,5,6);2H2,1H3,(H,4,5);;. The fourth-order valence-electron chi connectivity index (χ4n) is 3.68. The van der Waals surface area contributed by atoms with E-state index in [1.54, 1.807) is 6.92 Å². The number of hydrogen-bond acceptors (Lipinski definition) is 3.